The van der Waals surface area contributed by atoms with E-state index < -0.39 is 0 Å². The second-order valence-electron chi connectivity index (χ2n) is 4.69. The van der Waals surface area contributed by atoms with Gasteiger partial charge in [-0.05, 0) is 29.9 Å². The number of primary amides is 1. The van der Waals surface area contributed by atoms with Gasteiger partial charge in [0.05, 0.1) is 12.0 Å². The third-order valence-corrected chi connectivity index (χ3v) is 3.75. The number of fused-ring (bicyclic) bond motifs is 1. The maximum atomic E-state index is 11.3. The van der Waals surface area contributed by atoms with Gasteiger partial charge in [-0.3, -0.25) is 4.79 Å². The highest BCUT2D eigenvalue weighted by atomic mass is 16.1. The first-order valence-electron chi connectivity index (χ1n) is 5.93. The van der Waals surface area contributed by atoms with Gasteiger partial charge in [0.2, 0.25) is 5.91 Å². The fourth-order valence-electron chi connectivity index (χ4n) is 2.67. The van der Waals surface area contributed by atoms with Gasteiger partial charge in [0.25, 0.3) is 0 Å². The van der Waals surface area contributed by atoms with Crippen LogP contribution in [0, 0.1) is 17.2 Å². The molecule has 1 aliphatic carbocycles. The molecule has 3 atom stereocenters. The Morgan fingerprint density at radius 1 is 1.41 bits per heavy atom. The topological polar surface area (TPSA) is 66.9 Å². The van der Waals surface area contributed by atoms with Crippen LogP contribution < -0.4 is 5.73 Å². The number of carbonyl (C=O) groups excluding carboxylic acids is 1. The van der Waals surface area contributed by atoms with Crippen LogP contribution in [0.5, 0.6) is 0 Å². The number of carbonyl (C=O) groups is 1. The lowest BCUT2D eigenvalue weighted by Gasteiger charge is -2.31. The van der Waals surface area contributed by atoms with Crippen LogP contribution in [0.4, 0.5) is 0 Å². The van der Waals surface area contributed by atoms with Crippen molar-refractivity contribution in [3.63, 3.8) is 0 Å². The highest BCUT2D eigenvalue weighted by molar-refractivity contribution is 5.77. The van der Waals surface area contributed by atoms with Gasteiger partial charge in [0.1, 0.15) is 0 Å². The third-order valence-electron chi connectivity index (χ3n) is 3.75. The van der Waals surface area contributed by atoms with Crippen molar-refractivity contribution >= 4 is 5.91 Å². The molecule has 1 aromatic carbocycles. The van der Waals surface area contributed by atoms with Crippen molar-refractivity contribution in [1.82, 2.24) is 0 Å². The summed E-state index contributed by atoms with van der Waals surface area (Å²) in [6.07, 6.45) is 1.68. The number of rotatable bonds is 2. The Bertz CT molecular complexity index is 475. The minimum Gasteiger partial charge on any atom is -0.369 e. The summed E-state index contributed by atoms with van der Waals surface area (Å²) >= 11 is 0. The fraction of sp³-hybridized carbons (Fsp3) is 0.429. The number of nitriles is 1. The summed E-state index contributed by atoms with van der Waals surface area (Å²) < 4.78 is 0. The molecular weight excluding hydrogens is 212 g/mol. The van der Waals surface area contributed by atoms with Gasteiger partial charge in [0, 0.05) is 5.92 Å². The zero-order valence-corrected chi connectivity index (χ0v) is 9.89. The number of nitrogens with two attached hydrogens (primary N) is 1. The molecule has 3 heteroatoms. The summed E-state index contributed by atoms with van der Waals surface area (Å²) in [6, 6.07) is 10.2. The highest BCUT2D eigenvalue weighted by Crippen LogP contribution is 2.41. The van der Waals surface area contributed by atoms with Crippen molar-refractivity contribution in [2.24, 2.45) is 11.7 Å². The van der Waals surface area contributed by atoms with Crippen LogP contribution in [-0.4, -0.2) is 5.91 Å². The molecule has 0 aromatic heterocycles. The molecule has 0 bridgehead atoms. The molecule has 1 amide bonds. The smallest absolute Gasteiger partial charge is 0.220 e. The molecule has 88 valence electrons. The van der Waals surface area contributed by atoms with E-state index in [0.29, 0.717) is 0 Å². The van der Waals surface area contributed by atoms with Gasteiger partial charge in [-0.2, -0.15) is 5.26 Å². The minimum absolute atomic E-state index is 0.0393. The zero-order chi connectivity index (χ0) is 12.4. The highest BCUT2D eigenvalue weighted by Gasteiger charge is 2.32. The van der Waals surface area contributed by atoms with Gasteiger partial charge in [-0.25, -0.2) is 0 Å². The number of benzene rings is 1. The van der Waals surface area contributed by atoms with Crippen molar-refractivity contribution in [3.8, 4) is 6.07 Å². The lowest BCUT2D eigenvalue weighted by atomic mass is 9.72. The van der Waals surface area contributed by atoms with Crippen LogP contribution in [0.1, 0.15) is 42.7 Å². The number of hydrogen-bond donors (Lipinski definition) is 1. The summed E-state index contributed by atoms with van der Waals surface area (Å²) in [5.41, 5.74) is 7.58. The summed E-state index contributed by atoms with van der Waals surface area (Å²) in [7, 11) is 0. The van der Waals surface area contributed by atoms with E-state index in [1.165, 1.54) is 0 Å². The number of nitrogens with zero attached hydrogens (tertiary/aromatic N) is 1. The molecule has 1 aromatic rings. The molecule has 0 radical (unpaired) electrons. The van der Waals surface area contributed by atoms with Gasteiger partial charge in [-0.15, -0.1) is 0 Å². The molecule has 2 rings (SSSR count). The van der Waals surface area contributed by atoms with Gasteiger partial charge in [0.15, 0.2) is 0 Å². The van der Waals surface area contributed by atoms with Crippen molar-refractivity contribution in [1.29, 1.82) is 5.26 Å². The summed E-state index contributed by atoms with van der Waals surface area (Å²) in [4.78, 5) is 11.3. The Balaban J connectivity index is 2.42. The van der Waals surface area contributed by atoms with Crippen molar-refractivity contribution in [3.05, 3.63) is 35.4 Å². The Kier molecular flexibility index (Phi) is 3.14. The van der Waals surface area contributed by atoms with Crippen LogP contribution in [0.15, 0.2) is 24.3 Å². The van der Waals surface area contributed by atoms with Crippen molar-refractivity contribution < 1.29 is 4.79 Å². The summed E-state index contributed by atoms with van der Waals surface area (Å²) in [6.45, 7) is 1.87. The van der Waals surface area contributed by atoms with E-state index in [0.717, 1.165) is 24.0 Å². The summed E-state index contributed by atoms with van der Waals surface area (Å²) in [5.74, 6) is -0.313. The Morgan fingerprint density at radius 3 is 2.65 bits per heavy atom. The SMILES string of the molecule is CC(C(N)=O)C1CCC(C#N)c2ccccc21. The molecule has 0 fully saturated rings. The first kappa shape index (κ1) is 11.7. The van der Waals surface area contributed by atoms with Crippen molar-refractivity contribution in [2.45, 2.75) is 31.6 Å². The molecule has 3 unspecified atom stereocenters. The van der Waals surface area contributed by atoms with Crippen LogP contribution in [0.25, 0.3) is 0 Å². The number of hydrogen-bond acceptors (Lipinski definition) is 2. The van der Waals surface area contributed by atoms with E-state index in [-0.39, 0.29) is 23.7 Å². The average Bonchev–Trinajstić information content (AvgIpc) is 2.36. The molecule has 2 N–H and O–H groups in total. The number of amides is 1. The second-order valence-corrected chi connectivity index (χ2v) is 4.69. The van der Waals surface area contributed by atoms with Gasteiger partial charge >= 0.3 is 0 Å². The third kappa shape index (κ3) is 2.03. The predicted molar refractivity (Wildman–Crippen MR) is 65.1 cm³/mol. The van der Waals surface area contributed by atoms with Gasteiger partial charge < -0.3 is 5.73 Å². The molecule has 17 heavy (non-hydrogen) atoms. The van der Waals surface area contributed by atoms with Crippen LogP contribution in [0.2, 0.25) is 0 Å². The van der Waals surface area contributed by atoms with E-state index >= 15 is 0 Å². The lowest BCUT2D eigenvalue weighted by Crippen LogP contribution is -2.29. The van der Waals surface area contributed by atoms with Crippen LogP contribution in [-0.2, 0) is 4.79 Å². The zero-order valence-electron chi connectivity index (χ0n) is 9.89. The molecule has 0 heterocycles. The lowest BCUT2D eigenvalue weighted by molar-refractivity contribution is -0.122. The van der Waals surface area contributed by atoms with E-state index in [1.54, 1.807) is 0 Å². The van der Waals surface area contributed by atoms with E-state index in [1.807, 2.05) is 31.2 Å². The molecule has 3 nitrogen and oxygen atoms in total. The standard InChI is InChI=1S/C14H16N2O/c1-9(14(16)17)11-7-6-10(8-15)12-4-2-3-5-13(11)12/h2-5,9-11H,6-7H2,1H3,(H2,16,17). The van der Waals surface area contributed by atoms with Crippen molar-refractivity contribution in [2.75, 3.05) is 0 Å². The Hall–Kier alpha value is -1.82. The first-order chi connectivity index (χ1) is 8.15. The molecule has 1 aliphatic rings. The van der Waals surface area contributed by atoms with E-state index in [2.05, 4.69) is 6.07 Å². The maximum Gasteiger partial charge on any atom is 0.220 e. The minimum atomic E-state index is -0.264. The monoisotopic (exact) mass is 228 g/mol. The molecule has 0 saturated carbocycles. The maximum absolute atomic E-state index is 11.3. The largest absolute Gasteiger partial charge is 0.369 e. The molecule has 0 spiro atoms. The quantitative estimate of drug-likeness (QED) is 0.843. The Labute approximate surface area is 101 Å². The Morgan fingerprint density at radius 2 is 2.06 bits per heavy atom. The van der Waals surface area contributed by atoms with Crippen LogP contribution in [0.3, 0.4) is 0 Å². The molecular formula is C14H16N2O. The second kappa shape index (κ2) is 4.58. The van der Waals surface area contributed by atoms with Gasteiger partial charge in [-0.1, -0.05) is 31.2 Å². The van der Waals surface area contributed by atoms with E-state index in [9.17, 15) is 4.79 Å². The average molecular weight is 228 g/mol. The fourth-order valence-corrected chi connectivity index (χ4v) is 2.67. The van der Waals surface area contributed by atoms with E-state index in [4.69, 9.17) is 11.0 Å². The molecule has 0 saturated heterocycles. The normalized spacial score (nSPS) is 24.5. The predicted octanol–water partition coefficient (Wildman–Crippen LogP) is 2.29. The van der Waals surface area contributed by atoms with Crippen LogP contribution >= 0.6 is 0 Å². The first-order valence-corrected chi connectivity index (χ1v) is 5.93. The summed E-state index contributed by atoms with van der Waals surface area (Å²) in [5, 5.41) is 9.13. The molecule has 0 aliphatic heterocycles.